The van der Waals surface area contributed by atoms with Gasteiger partial charge in [0.15, 0.2) is 12.9 Å². The first-order valence-corrected chi connectivity index (χ1v) is 13.2. The smallest absolute Gasteiger partial charge is 0.340 e. The van der Waals surface area contributed by atoms with Crippen LogP contribution in [0.5, 0.6) is 17.2 Å². The monoisotopic (exact) mass is 600 g/mol. The van der Waals surface area contributed by atoms with Crippen LogP contribution < -0.4 is 14.2 Å². The molecule has 0 aromatic heterocycles. The number of alkyl halides is 1. The van der Waals surface area contributed by atoms with Crippen LogP contribution in [0.2, 0.25) is 0 Å². The van der Waals surface area contributed by atoms with Crippen molar-refractivity contribution in [3.05, 3.63) is 89.5 Å². The predicted molar refractivity (Wildman–Crippen MR) is 154 cm³/mol. The highest BCUT2D eigenvalue weighted by Crippen LogP contribution is 2.28. The number of benzene rings is 3. The van der Waals surface area contributed by atoms with E-state index in [4.69, 9.17) is 44.8 Å². The number of hydrogen-bond acceptors (Lipinski definition) is 10. The van der Waals surface area contributed by atoms with Crippen molar-refractivity contribution < 1.29 is 47.5 Å². The summed E-state index contributed by atoms with van der Waals surface area (Å²) >= 11 is 6.65. The summed E-state index contributed by atoms with van der Waals surface area (Å²) in [5, 5.41) is 0. The molecule has 0 amide bonds. The van der Waals surface area contributed by atoms with Gasteiger partial charge in [-0.3, -0.25) is 0 Å². The zero-order chi connectivity index (χ0) is 30.7. The van der Waals surface area contributed by atoms with Crippen LogP contribution in [0.25, 0.3) is 0 Å². The minimum Gasteiger partial charge on any atom is -0.497 e. The topological polar surface area (TPSA) is 116 Å². The minimum absolute atomic E-state index is 0.238. The molecule has 3 aromatic rings. The maximum Gasteiger partial charge on any atom is 0.340 e. The Labute approximate surface area is 249 Å². The summed E-state index contributed by atoms with van der Waals surface area (Å²) in [6.07, 6.45) is -2.26. The molecular formula is C31H33ClO10. The van der Waals surface area contributed by atoms with Crippen molar-refractivity contribution in [1.82, 2.24) is 0 Å². The second-order valence-corrected chi connectivity index (χ2v) is 10.4. The van der Waals surface area contributed by atoms with Crippen molar-refractivity contribution in [1.29, 1.82) is 0 Å². The van der Waals surface area contributed by atoms with Crippen LogP contribution in [0.4, 0.5) is 0 Å². The lowest BCUT2D eigenvalue weighted by Crippen LogP contribution is -2.48. The molecule has 3 aromatic carbocycles. The second-order valence-electron chi connectivity index (χ2n) is 9.43. The number of carbonyl (C=O) groups excluding carboxylic acids is 3. The zero-order valence-electron chi connectivity index (χ0n) is 24.0. The summed E-state index contributed by atoms with van der Waals surface area (Å²) in [5.41, 5.74) is 0.765. The lowest BCUT2D eigenvalue weighted by molar-refractivity contribution is -0.130. The van der Waals surface area contributed by atoms with Crippen molar-refractivity contribution in [2.75, 3.05) is 34.7 Å². The number of halogens is 1. The number of methoxy groups -OCH3 is 3. The van der Waals surface area contributed by atoms with Gasteiger partial charge in [0.1, 0.15) is 30.0 Å². The molecule has 0 saturated carbocycles. The Morgan fingerprint density at radius 2 is 1.02 bits per heavy atom. The Morgan fingerprint density at radius 3 is 1.40 bits per heavy atom. The van der Waals surface area contributed by atoms with E-state index < -0.39 is 41.8 Å². The highest BCUT2D eigenvalue weighted by molar-refractivity contribution is 6.24. The summed E-state index contributed by atoms with van der Waals surface area (Å²) in [4.78, 5) is 37.2. The van der Waals surface area contributed by atoms with E-state index in [-0.39, 0.29) is 23.3 Å². The van der Waals surface area contributed by atoms with E-state index in [1.54, 1.807) is 62.4 Å². The SMILES string of the molecule is COc1ccc(C(=O)OCO[C@H](COC(=O)c2ccc(OC)cc2)[C@@H](OC(=O)c2ccc(OC)cc2)C(C)(C)Cl)cc1. The molecular weight excluding hydrogens is 568 g/mol. The molecule has 0 aliphatic rings. The van der Waals surface area contributed by atoms with Gasteiger partial charge >= 0.3 is 17.9 Å². The largest absolute Gasteiger partial charge is 0.497 e. The first-order chi connectivity index (χ1) is 20.0. The molecule has 11 heteroatoms. The average Bonchev–Trinajstić information content (AvgIpc) is 3.00. The van der Waals surface area contributed by atoms with Gasteiger partial charge in [-0.15, -0.1) is 11.6 Å². The molecule has 0 spiro atoms. The molecule has 0 bridgehead atoms. The third kappa shape index (κ3) is 9.12. The van der Waals surface area contributed by atoms with Gasteiger partial charge in [-0.25, -0.2) is 14.4 Å². The molecule has 0 aliphatic heterocycles. The molecule has 0 radical (unpaired) electrons. The van der Waals surface area contributed by atoms with E-state index in [0.29, 0.717) is 17.2 Å². The standard InChI is InChI=1S/C31H33ClO10/c1-31(2,32)27(42-30(35)22-10-16-25(38-5)17-11-22)26(18-39-28(33)20-6-12-23(36-3)13-7-20)40-19-41-29(34)21-8-14-24(37-4)15-9-21/h6-17,26-27H,18-19H2,1-5H3/t26-,27-/m1/s1. The fourth-order valence-electron chi connectivity index (χ4n) is 3.75. The van der Waals surface area contributed by atoms with Crippen LogP contribution in [0, 0.1) is 0 Å². The quantitative estimate of drug-likeness (QED) is 0.104. The number of hydrogen-bond donors (Lipinski definition) is 0. The molecule has 0 fully saturated rings. The number of carbonyl (C=O) groups is 3. The molecule has 0 aliphatic carbocycles. The molecule has 0 heterocycles. The van der Waals surface area contributed by atoms with Gasteiger partial charge in [0, 0.05) is 0 Å². The summed E-state index contributed by atoms with van der Waals surface area (Å²) in [6, 6.07) is 18.9. The van der Waals surface area contributed by atoms with Gasteiger partial charge in [-0.1, -0.05) is 0 Å². The average molecular weight is 601 g/mol. The van der Waals surface area contributed by atoms with E-state index >= 15 is 0 Å². The van der Waals surface area contributed by atoms with E-state index in [9.17, 15) is 14.4 Å². The van der Waals surface area contributed by atoms with Crippen LogP contribution in [0.3, 0.4) is 0 Å². The Bertz CT molecular complexity index is 1320. The van der Waals surface area contributed by atoms with Crippen LogP contribution in [0.15, 0.2) is 72.8 Å². The predicted octanol–water partition coefficient (Wildman–Crippen LogP) is 5.31. The number of esters is 3. The van der Waals surface area contributed by atoms with Crippen LogP contribution in [-0.2, 0) is 18.9 Å². The van der Waals surface area contributed by atoms with Gasteiger partial charge in [0.25, 0.3) is 0 Å². The molecule has 0 N–H and O–H groups in total. The summed E-state index contributed by atoms with van der Waals surface area (Å²) in [6.45, 7) is 2.32. The molecule has 2 atom stereocenters. The first kappa shape index (κ1) is 32.2. The Morgan fingerprint density at radius 1 is 0.643 bits per heavy atom. The van der Waals surface area contributed by atoms with Crippen LogP contribution >= 0.6 is 11.6 Å². The van der Waals surface area contributed by atoms with Gasteiger partial charge in [-0.05, 0) is 86.6 Å². The van der Waals surface area contributed by atoms with Gasteiger partial charge in [0.2, 0.25) is 0 Å². The first-order valence-electron chi connectivity index (χ1n) is 12.8. The van der Waals surface area contributed by atoms with E-state index in [1.807, 2.05) is 0 Å². The fraction of sp³-hybridized carbons (Fsp3) is 0.323. The van der Waals surface area contributed by atoms with Crippen molar-refractivity contribution in [3.8, 4) is 17.2 Å². The Kier molecular flexibility index (Phi) is 11.6. The van der Waals surface area contributed by atoms with E-state index in [1.165, 1.54) is 45.6 Å². The summed E-state index contributed by atoms with van der Waals surface area (Å²) in [7, 11) is 4.53. The third-order valence-electron chi connectivity index (χ3n) is 6.08. The zero-order valence-corrected chi connectivity index (χ0v) is 24.7. The van der Waals surface area contributed by atoms with Gasteiger partial charge in [0.05, 0.1) is 42.9 Å². The van der Waals surface area contributed by atoms with Gasteiger partial charge < -0.3 is 33.2 Å². The number of ether oxygens (including phenoxy) is 7. The lowest BCUT2D eigenvalue weighted by Gasteiger charge is -2.34. The molecule has 10 nitrogen and oxygen atoms in total. The lowest BCUT2D eigenvalue weighted by atomic mass is 10.0. The van der Waals surface area contributed by atoms with Crippen molar-refractivity contribution in [2.24, 2.45) is 0 Å². The Hall–Kier alpha value is -4.28. The van der Waals surface area contributed by atoms with E-state index in [0.717, 1.165) is 0 Å². The normalized spacial score (nSPS) is 12.4. The number of rotatable bonds is 14. The second kappa shape index (κ2) is 15.1. The highest BCUT2D eigenvalue weighted by atomic mass is 35.5. The van der Waals surface area contributed by atoms with E-state index in [2.05, 4.69) is 0 Å². The molecule has 42 heavy (non-hydrogen) atoms. The molecule has 0 unspecified atom stereocenters. The van der Waals surface area contributed by atoms with Crippen molar-refractivity contribution in [3.63, 3.8) is 0 Å². The maximum absolute atomic E-state index is 13.1. The molecule has 224 valence electrons. The van der Waals surface area contributed by atoms with Crippen LogP contribution in [0.1, 0.15) is 44.9 Å². The minimum atomic E-state index is -1.20. The Balaban J connectivity index is 1.77. The molecule has 3 rings (SSSR count). The summed E-state index contributed by atoms with van der Waals surface area (Å²) in [5.74, 6) is -0.307. The fourth-order valence-corrected chi connectivity index (χ4v) is 3.93. The maximum atomic E-state index is 13.1. The van der Waals surface area contributed by atoms with Gasteiger partial charge in [-0.2, -0.15) is 0 Å². The highest BCUT2D eigenvalue weighted by Gasteiger charge is 2.40. The summed E-state index contributed by atoms with van der Waals surface area (Å²) < 4.78 is 37.7. The van der Waals surface area contributed by atoms with Crippen LogP contribution in [-0.4, -0.2) is 69.7 Å². The molecule has 0 saturated heterocycles. The van der Waals surface area contributed by atoms with Crippen molar-refractivity contribution >= 4 is 29.5 Å². The van der Waals surface area contributed by atoms with Crippen molar-refractivity contribution in [2.45, 2.75) is 30.9 Å². The third-order valence-corrected chi connectivity index (χ3v) is 6.29.